The molecule has 2 fully saturated rings. The number of likely N-dealkylation sites (N-methyl/N-ethyl adjacent to an activating group) is 1. The normalized spacial score (nSPS) is 24.2. The topological polar surface area (TPSA) is 110 Å². The maximum Gasteiger partial charge on any atom is 0.275 e. The Morgan fingerprint density at radius 1 is 1.24 bits per heavy atom. The first-order chi connectivity index (χ1) is 16.5. The van der Waals surface area contributed by atoms with Crippen LogP contribution in [-0.4, -0.2) is 66.1 Å². The van der Waals surface area contributed by atoms with Crippen LogP contribution in [0.15, 0.2) is 29.1 Å². The lowest BCUT2D eigenvalue weighted by Crippen LogP contribution is -2.54. The molecule has 180 valence electrons. The molecular weight excluding hydrogens is 456 g/mol. The van der Waals surface area contributed by atoms with Gasteiger partial charge in [-0.2, -0.15) is 0 Å². The highest BCUT2D eigenvalue weighted by Crippen LogP contribution is 2.33. The third-order valence-corrected chi connectivity index (χ3v) is 7.22. The molecule has 0 bridgehead atoms. The van der Waals surface area contributed by atoms with E-state index in [-0.39, 0.29) is 42.6 Å². The lowest BCUT2D eigenvalue weighted by molar-refractivity contribution is -0.134. The highest BCUT2D eigenvalue weighted by atomic mass is 32.1. The lowest BCUT2D eigenvalue weighted by atomic mass is 9.94. The minimum absolute atomic E-state index is 0.0177. The summed E-state index contributed by atoms with van der Waals surface area (Å²) in [4.78, 5) is 43.7. The van der Waals surface area contributed by atoms with Crippen LogP contribution in [0.4, 0.5) is 5.69 Å². The van der Waals surface area contributed by atoms with Gasteiger partial charge in [-0.1, -0.05) is 0 Å². The van der Waals surface area contributed by atoms with Crippen molar-refractivity contribution in [1.82, 2.24) is 15.2 Å². The van der Waals surface area contributed by atoms with E-state index in [0.717, 1.165) is 13.0 Å². The molecule has 3 aliphatic rings. The number of hydrogen-bond acceptors (Lipinski definition) is 7. The first kappa shape index (κ1) is 22.8. The molecule has 1 saturated carbocycles. The number of carbonyl (C=O) groups is 3. The quantitative estimate of drug-likeness (QED) is 0.653. The van der Waals surface area contributed by atoms with Gasteiger partial charge in [-0.05, 0) is 49.8 Å². The molecule has 2 aromatic rings. The summed E-state index contributed by atoms with van der Waals surface area (Å²) in [6, 6.07) is 4.86. The molecule has 2 aliphatic heterocycles. The van der Waals surface area contributed by atoms with Gasteiger partial charge in [0.1, 0.15) is 24.2 Å². The second-order valence-corrected chi connectivity index (χ2v) is 9.88. The Bertz CT molecular complexity index is 1070. The molecule has 1 aromatic carbocycles. The largest absolute Gasteiger partial charge is 0.490 e. The molecule has 0 radical (unpaired) electrons. The van der Waals surface area contributed by atoms with E-state index in [1.165, 1.54) is 24.2 Å². The van der Waals surface area contributed by atoms with Gasteiger partial charge in [0.2, 0.25) is 5.91 Å². The summed E-state index contributed by atoms with van der Waals surface area (Å²) in [7, 11) is 1.77. The van der Waals surface area contributed by atoms with E-state index in [4.69, 9.17) is 9.47 Å². The van der Waals surface area contributed by atoms with E-state index in [1.54, 1.807) is 41.0 Å². The Hall–Kier alpha value is -2.98. The zero-order valence-electron chi connectivity index (χ0n) is 19.0. The van der Waals surface area contributed by atoms with Crippen molar-refractivity contribution in [2.45, 2.75) is 50.4 Å². The average Bonchev–Trinajstić information content (AvgIpc) is 3.50. The number of ether oxygens (including phenoxy) is 2. The van der Waals surface area contributed by atoms with Crippen molar-refractivity contribution in [2.24, 2.45) is 5.92 Å². The molecule has 5 rings (SSSR count). The summed E-state index contributed by atoms with van der Waals surface area (Å²) in [6.07, 6.45) is 3.65. The number of anilines is 1. The Morgan fingerprint density at radius 3 is 2.85 bits per heavy atom. The molecule has 3 heterocycles. The summed E-state index contributed by atoms with van der Waals surface area (Å²) in [6.45, 7) is 1.03. The lowest BCUT2D eigenvalue weighted by Gasteiger charge is -2.42. The van der Waals surface area contributed by atoms with Gasteiger partial charge < -0.3 is 25.0 Å². The fourth-order valence-corrected chi connectivity index (χ4v) is 5.02. The standard InChI is InChI=1S/C24H28N4O5S/c1-28-19-6-5-16(9-22(29)25-10-14-2-3-14)33-21(19)11-32-20-7-4-15(8-17(20)24(28)31)27-23(30)18-12-34-13-26-18/h4,7-8,12-14,16,19,21H,2-3,5-6,9-11H2,1H3,(H,25,29)(H,27,30)/t16-,19+,21+/m1/s1. The highest BCUT2D eigenvalue weighted by molar-refractivity contribution is 7.07. The minimum Gasteiger partial charge on any atom is -0.490 e. The van der Waals surface area contributed by atoms with Gasteiger partial charge in [-0.15, -0.1) is 11.3 Å². The van der Waals surface area contributed by atoms with Crippen LogP contribution in [0.2, 0.25) is 0 Å². The second-order valence-electron chi connectivity index (χ2n) is 9.16. The number of amides is 3. The number of nitrogens with one attached hydrogen (secondary N) is 2. The SMILES string of the molecule is CN1C(=O)c2cc(NC(=O)c3cscn3)ccc2OC[C@@H]2O[C@@H](CC(=O)NCC3CC3)CC[C@@H]21. The summed E-state index contributed by atoms with van der Waals surface area (Å²) < 4.78 is 12.2. The number of carbonyl (C=O) groups excluding carboxylic acids is 3. The first-order valence-corrected chi connectivity index (χ1v) is 12.6. The number of benzene rings is 1. The van der Waals surface area contributed by atoms with Crippen LogP contribution in [0.5, 0.6) is 5.75 Å². The Labute approximate surface area is 201 Å². The van der Waals surface area contributed by atoms with Gasteiger partial charge in [0.05, 0.1) is 29.6 Å². The van der Waals surface area contributed by atoms with Crippen LogP contribution in [0.1, 0.15) is 53.0 Å². The molecule has 9 nitrogen and oxygen atoms in total. The molecule has 0 spiro atoms. The van der Waals surface area contributed by atoms with Crippen LogP contribution >= 0.6 is 11.3 Å². The molecule has 1 aliphatic carbocycles. The Kier molecular flexibility index (Phi) is 6.51. The predicted molar refractivity (Wildman–Crippen MR) is 126 cm³/mol. The molecular formula is C24H28N4O5S. The van der Waals surface area contributed by atoms with E-state index >= 15 is 0 Å². The van der Waals surface area contributed by atoms with Crippen molar-refractivity contribution in [3.8, 4) is 5.75 Å². The number of thiazole rings is 1. The van der Waals surface area contributed by atoms with Gasteiger partial charge in [0.25, 0.3) is 11.8 Å². The maximum atomic E-state index is 13.3. The summed E-state index contributed by atoms with van der Waals surface area (Å²) in [5, 5.41) is 7.44. The molecule has 1 aromatic heterocycles. The summed E-state index contributed by atoms with van der Waals surface area (Å²) >= 11 is 1.34. The highest BCUT2D eigenvalue weighted by Gasteiger charge is 2.39. The molecule has 3 amide bonds. The molecule has 1 saturated heterocycles. The zero-order valence-corrected chi connectivity index (χ0v) is 19.8. The Morgan fingerprint density at radius 2 is 2.09 bits per heavy atom. The van der Waals surface area contributed by atoms with Gasteiger partial charge >= 0.3 is 0 Å². The third-order valence-electron chi connectivity index (χ3n) is 6.63. The van der Waals surface area contributed by atoms with Crippen LogP contribution in [0, 0.1) is 5.92 Å². The van der Waals surface area contributed by atoms with Crippen molar-refractivity contribution >= 4 is 34.7 Å². The molecule has 34 heavy (non-hydrogen) atoms. The van der Waals surface area contributed by atoms with E-state index in [9.17, 15) is 14.4 Å². The Balaban J connectivity index is 1.25. The minimum atomic E-state index is -0.332. The number of fused-ring (bicyclic) bond motifs is 2. The van der Waals surface area contributed by atoms with Gasteiger partial charge in [-0.3, -0.25) is 14.4 Å². The van der Waals surface area contributed by atoms with Crippen molar-refractivity contribution in [2.75, 3.05) is 25.5 Å². The fraction of sp³-hybridized carbons (Fsp3) is 0.500. The molecule has 0 unspecified atom stereocenters. The maximum absolute atomic E-state index is 13.3. The van der Waals surface area contributed by atoms with Crippen molar-refractivity contribution < 1.29 is 23.9 Å². The van der Waals surface area contributed by atoms with E-state index in [0.29, 0.717) is 41.5 Å². The predicted octanol–water partition coefficient (Wildman–Crippen LogP) is 2.69. The smallest absolute Gasteiger partial charge is 0.275 e. The van der Waals surface area contributed by atoms with E-state index < -0.39 is 0 Å². The van der Waals surface area contributed by atoms with Crippen LogP contribution in [-0.2, 0) is 9.53 Å². The fourth-order valence-electron chi connectivity index (χ4n) is 4.48. The van der Waals surface area contributed by atoms with Crippen LogP contribution in [0.3, 0.4) is 0 Å². The van der Waals surface area contributed by atoms with Crippen molar-refractivity contribution in [3.05, 3.63) is 40.3 Å². The third kappa shape index (κ3) is 5.07. The van der Waals surface area contributed by atoms with Gasteiger partial charge in [-0.25, -0.2) is 4.98 Å². The van der Waals surface area contributed by atoms with Crippen molar-refractivity contribution in [3.63, 3.8) is 0 Å². The van der Waals surface area contributed by atoms with Crippen LogP contribution in [0.25, 0.3) is 0 Å². The van der Waals surface area contributed by atoms with E-state index in [1.807, 2.05) is 0 Å². The van der Waals surface area contributed by atoms with E-state index in [2.05, 4.69) is 15.6 Å². The monoisotopic (exact) mass is 484 g/mol. The molecule has 10 heteroatoms. The van der Waals surface area contributed by atoms with Crippen molar-refractivity contribution in [1.29, 1.82) is 0 Å². The number of rotatable bonds is 6. The van der Waals surface area contributed by atoms with Gasteiger partial charge in [0.15, 0.2) is 0 Å². The van der Waals surface area contributed by atoms with Crippen LogP contribution < -0.4 is 15.4 Å². The zero-order chi connectivity index (χ0) is 23.7. The first-order valence-electron chi connectivity index (χ1n) is 11.6. The molecule has 3 atom stereocenters. The number of hydrogen-bond donors (Lipinski definition) is 2. The summed E-state index contributed by atoms with van der Waals surface area (Å²) in [5.74, 6) is 0.569. The average molecular weight is 485 g/mol. The number of nitrogens with zero attached hydrogens (tertiary/aromatic N) is 2. The van der Waals surface area contributed by atoms with Gasteiger partial charge in [0, 0.05) is 24.7 Å². The number of aromatic nitrogens is 1. The summed E-state index contributed by atoms with van der Waals surface area (Å²) in [5.41, 5.74) is 2.81. The second kappa shape index (κ2) is 9.71. The molecule has 2 N–H and O–H groups in total.